The molecule has 24 heavy (non-hydrogen) atoms. The van der Waals surface area contributed by atoms with Crippen LogP contribution in [0, 0.1) is 19.8 Å². The van der Waals surface area contributed by atoms with Gasteiger partial charge in [0, 0.05) is 24.5 Å². The number of carbonyl (C=O) groups excluding carboxylic acids is 1. The number of carbonyl (C=O) groups is 1. The molecule has 130 valence electrons. The molecular formula is C18H23ClN2O2S. The van der Waals surface area contributed by atoms with Crippen molar-refractivity contribution in [2.75, 3.05) is 19.6 Å². The second-order valence-corrected chi connectivity index (χ2v) is 8.29. The smallest absolute Gasteiger partial charge is 0.254 e. The highest BCUT2D eigenvalue weighted by molar-refractivity contribution is 7.16. The van der Waals surface area contributed by atoms with Gasteiger partial charge in [0.1, 0.15) is 11.5 Å². The second-order valence-electron chi connectivity index (χ2n) is 6.49. The minimum Gasteiger partial charge on any atom is -0.466 e. The Bertz CT molecular complexity index is 710. The first-order valence-corrected chi connectivity index (χ1v) is 9.52. The van der Waals surface area contributed by atoms with Crippen LogP contribution in [0.4, 0.5) is 0 Å². The Morgan fingerprint density at radius 2 is 2.29 bits per heavy atom. The van der Waals surface area contributed by atoms with E-state index in [0.29, 0.717) is 23.8 Å². The zero-order chi connectivity index (χ0) is 17.1. The lowest BCUT2D eigenvalue weighted by molar-refractivity contribution is 0.0929. The van der Waals surface area contributed by atoms with Crippen LogP contribution in [0.25, 0.3) is 0 Å². The van der Waals surface area contributed by atoms with Gasteiger partial charge in [0.25, 0.3) is 5.91 Å². The lowest BCUT2D eigenvalue weighted by Gasteiger charge is -2.32. The summed E-state index contributed by atoms with van der Waals surface area (Å²) in [5.41, 5.74) is 0.647. The van der Waals surface area contributed by atoms with Gasteiger partial charge in [-0.2, -0.15) is 0 Å². The zero-order valence-corrected chi connectivity index (χ0v) is 15.7. The molecule has 0 aromatic carbocycles. The highest BCUT2D eigenvalue weighted by Gasteiger charge is 2.22. The molecule has 0 spiro atoms. The van der Waals surface area contributed by atoms with Crippen molar-refractivity contribution in [1.29, 1.82) is 0 Å². The molecule has 0 bridgehead atoms. The van der Waals surface area contributed by atoms with Crippen LogP contribution < -0.4 is 5.32 Å². The maximum Gasteiger partial charge on any atom is 0.254 e. The van der Waals surface area contributed by atoms with Crippen molar-refractivity contribution in [2.45, 2.75) is 33.2 Å². The topological polar surface area (TPSA) is 45.5 Å². The summed E-state index contributed by atoms with van der Waals surface area (Å²) in [5, 5.41) is 3.07. The van der Waals surface area contributed by atoms with Gasteiger partial charge < -0.3 is 9.73 Å². The average molecular weight is 367 g/mol. The normalized spacial score (nSPS) is 18.7. The van der Waals surface area contributed by atoms with Gasteiger partial charge in [-0.3, -0.25) is 9.69 Å². The van der Waals surface area contributed by atoms with Gasteiger partial charge in [-0.05, 0) is 57.4 Å². The molecule has 0 saturated carbocycles. The summed E-state index contributed by atoms with van der Waals surface area (Å²) in [6.45, 7) is 7.47. The van der Waals surface area contributed by atoms with Crippen molar-refractivity contribution >= 4 is 28.8 Å². The standard InChI is InChI=1S/C18H23ClN2O2S/c1-12-8-16(13(2)23-12)18(22)20-9-14-4-3-7-21(10-14)11-15-5-6-17(19)24-15/h5-6,8,14H,3-4,7,9-11H2,1-2H3,(H,20,22). The number of halogens is 1. The lowest BCUT2D eigenvalue weighted by Crippen LogP contribution is -2.40. The van der Waals surface area contributed by atoms with Gasteiger partial charge in [0.15, 0.2) is 0 Å². The Morgan fingerprint density at radius 1 is 1.46 bits per heavy atom. The molecule has 1 aliphatic heterocycles. The fraction of sp³-hybridized carbons (Fsp3) is 0.500. The van der Waals surface area contributed by atoms with Crippen molar-refractivity contribution in [3.05, 3.63) is 44.5 Å². The number of aryl methyl sites for hydroxylation is 2. The number of amides is 1. The maximum atomic E-state index is 12.3. The van der Waals surface area contributed by atoms with Crippen LogP contribution in [-0.2, 0) is 6.54 Å². The van der Waals surface area contributed by atoms with E-state index < -0.39 is 0 Å². The third kappa shape index (κ3) is 4.41. The van der Waals surface area contributed by atoms with Crippen molar-refractivity contribution in [3.8, 4) is 0 Å². The molecule has 2 aromatic heterocycles. The van der Waals surface area contributed by atoms with E-state index in [9.17, 15) is 4.79 Å². The fourth-order valence-corrected chi connectivity index (χ4v) is 4.44. The minimum absolute atomic E-state index is 0.0356. The predicted octanol–water partition coefficient (Wildman–Crippen LogP) is 4.25. The van der Waals surface area contributed by atoms with Crippen molar-refractivity contribution in [2.24, 2.45) is 5.92 Å². The Morgan fingerprint density at radius 3 is 2.96 bits per heavy atom. The number of likely N-dealkylation sites (tertiary alicyclic amines) is 1. The number of hydrogen-bond acceptors (Lipinski definition) is 4. The predicted molar refractivity (Wildman–Crippen MR) is 97.8 cm³/mol. The molecule has 3 heterocycles. The van der Waals surface area contributed by atoms with Gasteiger partial charge in [0.2, 0.25) is 0 Å². The molecule has 0 radical (unpaired) electrons. The number of piperidine rings is 1. The Hall–Kier alpha value is -1.30. The summed E-state index contributed by atoms with van der Waals surface area (Å²) in [6.07, 6.45) is 2.33. The van der Waals surface area contributed by atoms with Gasteiger partial charge in [-0.1, -0.05) is 11.6 Å². The average Bonchev–Trinajstić information content (AvgIpc) is 3.10. The molecule has 1 amide bonds. The number of rotatable bonds is 5. The van der Waals surface area contributed by atoms with Crippen LogP contribution >= 0.6 is 22.9 Å². The van der Waals surface area contributed by atoms with Gasteiger partial charge in [-0.15, -0.1) is 11.3 Å². The summed E-state index contributed by atoms with van der Waals surface area (Å²) in [6, 6.07) is 5.86. The zero-order valence-electron chi connectivity index (χ0n) is 14.1. The van der Waals surface area contributed by atoms with Crippen LogP contribution in [0.1, 0.15) is 39.6 Å². The molecule has 0 aliphatic carbocycles. The minimum atomic E-state index is -0.0356. The van der Waals surface area contributed by atoms with Crippen molar-refractivity contribution < 1.29 is 9.21 Å². The number of furan rings is 1. The largest absolute Gasteiger partial charge is 0.466 e. The molecular weight excluding hydrogens is 344 g/mol. The summed E-state index contributed by atoms with van der Waals surface area (Å²) in [7, 11) is 0. The first-order chi connectivity index (χ1) is 11.5. The molecule has 6 heteroatoms. The molecule has 1 fully saturated rings. The summed E-state index contributed by atoms with van der Waals surface area (Å²) < 4.78 is 6.28. The quantitative estimate of drug-likeness (QED) is 0.860. The number of nitrogens with one attached hydrogen (secondary N) is 1. The second kappa shape index (κ2) is 7.72. The molecule has 1 aliphatic rings. The van der Waals surface area contributed by atoms with Crippen LogP contribution in [0.15, 0.2) is 22.6 Å². The Balaban J connectivity index is 1.50. The third-order valence-corrected chi connectivity index (χ3v) is 5.66. The summed E-state index contributed by atoms with van der Waals surface area (Å²) in [4.78, 5) is 16.1. The molecule has 1 N–H and O–H groups in total. The van der Waals surface area contributed by atoms with E-state index in [1.807, 2.05) is 19.9 Å². The van der Waals surface area contributed by atoms with E-state index in [1.165, 1.54) is 11.3 Å². The van der Waals surface area contributed by atoms with E-state index in [1.54, 1.807) is 17.4 Å². The van der Waals surface area contributed by atoms with E-state index in [4.69, 9.17) is 16.0 Å². The molecule has 1 saturated heterocycles. The number of thiophene rings is 1. The van der Waals surface area contributed by atoms with Crippen LogP contribution in [0.3, 0.4) is 0 Å². The fourth-order valence-electron chi connectivity index (χ4n) is 3.31. The lowest BCUT2D eigenvalue weighted by atomic mass is 9.98. The number of nitrogens with zero attached hydrogens (tertiary/aromatic N) is 1. The van der Waals surface area contributed by atoms with Crippen LogP contribution in [0.5, 0.6) is 0 Å². The third-order valence-electron chi connectivity index (χ3n) is 4.45. The molecule has 1 atom stereocenters. The van der Waals surface area contributed by atoms with E-state index in [0.717, 1.165) is 36.2 Å². The maximum absolute atomic E-state index is 12.3. The molecule has 3 rings (SSSR count). The Kier molecular flexibility index (Phi) is 5.64. The monoisotopic (exact) mass is 366 g/mol. The first-order valence-electron chi connectivity index (χ1n) is 8.33. The first kappa shape index (κ1) is 17.5. The summed E-state index contributed by atoms with van der Waals surface area (Å²) >= 11 is 7.65. The van der Waals surface area contributed by atoms with Crippen molar-refractivity contribution in [3.63, 3.8) is 0 Å². The Labute approximate surface area is 151 Å². The van der Waals surface area contributed by atoms with Crippen LogP contribution in [-0.4, -0.2) is 30.4 Å². The van der Waals surface area contributed by atoms with E-state index in [-0.39, 0.29) is 5.91 Å². The molecule has 1 unspecified atom stereocenters. The highest BCUT2D eigenvalue weighted by atomic mass is 35.5. The van der Waals surface area contributed by atoms with Gasteiger partial charge >= 0.3 is 0 Å². The molecule has 2 aromatic rings. The van der Waals surface area contributed by atoms with E-state index in [2.05, 4.69) is 16.3 Å². The van der Waals surface area contributed by atoms with Gasteiger partial charge in [0.05, 0.1) is 9.90 Å². The van der Waals surface area contributed by atoms with Gasteiger partial charge in [-0.25, -0.2) is 0 Å². The molecule has 4 nitrogen and oxygen atoms in total. The van der Waals surface area contributed by atoms with E-state index >= 15 is 0 Å². The summed E-state index contributed by atoms with van der Waals surface area (Å²) in [5.74, 6) is 1.92. The number of hydrogen-bond donors (Lipinski definition) is 1. The van der Waals surface area contributed by atoms with Crippen LogP contribution in [0.2, 0.25) is 4.34 Å². The SMILES string of the molecule is Cc1cc(C(=O)NCC2CCCN(Cc3ccc(Cl)s3)C2)c(C)o1. The highest BCUT2D eigenvalue weighted by Crippen LogP contribution is 2.25. The van der Waals surface area contributed by atoms with Crippen molar-refractivity contribution in [1.82, 2.24) is 10.2 Å².